The fourth-order valence-corrected chi connectivity index (χ4v) is 1.84. The third kappa shape index (κ3) is 2.39. The number of piperazine rings is 1. The first-order chi connectivity index (χ1) is 5.54. The van der Waals surface area contributed by atoms with Crippen molar-refractivity contribution >= 4 is 10.2 Å². The number of nitrogens with zero attached hydrogens (tertiary/aromatic N) is 2. The highest BCUT2D eigenvalue weighted by Crippen LogP contribution is 2.01. The molecule has 1 saturated heterocycles. The normalized spacial score (nSPS) is 22.8. The van der Waals surface area contributed by atoms with E-state index in [4.69, 9.17) is 5.14 Å². The van der Waals surface area contributed by atoms with Crippen LogP contribution in [0, 0.1) is 0 Å². The second kappa shape index (κ2) is 3.67. The van der Waals surface area contributed by atoms with E-state index in [1.165, 1.54) is 4.31 Å². The zero-order valence-electron chi connectivity index (χ0n) is 7.02. The van der Waals surface area contributed by atoms with Crippen molar-refractivity contribution in [2.24, 2.45) is 5.14 Å². The summed E-state index contributed by atoms with van der Waals surface area (Å²) in [7, 11) is -1.67. The van der Waals surface area contributed by atoms with Crippen LogP contribution >= 0.6 is 0 Å². The van der Waals surface area contributed by atoms with Crippen molar-refractivity contribution in [3.8, 4) is 0 Å². The first kappa shape index (κ1) is 9.87. The molecule has 6 nitrogen and oxygen atoms in total. The van der Waals surface area contributed by atoms with E-state index < -0.39 is 10.2 Å². The van der Waals surface area contributed by atoms with Gasteiger partial charge in [-0.2, -0.15) is 12.7 Å². The zero-order valence-corrected chi connectivity index (χ0v) is 7.84. The predicted octanol–water partition coefficient (Wildman–Crippen LogP) is -2.06. The van der Waals surface area contributed by atoms with Crippen molar-refractivity contribution in [1.29, 1.82) is 0 Å². The van der Waals surface area contributed by atoms with Gasteiger partial charge in [0.05, 0.1) is 0 Å². The van der Waals surface area contributed by atoms with Crippen LogP contribution in [0.1, 0.15) is 0 Å². The molecule has 0 aromatic rings. The van der Waals surface area contributed by atoms with E-state index in [0.717, 1.165) is 0 Å². The van der Waals surface area contributed by atoms with E-state index in [0.29, 0.717) is 26.2 Å². The Morgan fingerprint density at radius 1 is 1.25 bits per heavy atom. The molecule has 0 spiro atoms. The van der Waals surface area contributed by atoms with Gasteiger partial charge in [0.1, 0.15) is 0 Å². The minimum atomic E-state index is -3.48. The molecule has 12 heavy (non-hydrogen) atoms. The van der Waals surface area contributed by atoms with Crippen LogP contribution in [0.5, 0.6) is 0 Å². The fourth-order valence-electron chi connectivity index (χ4n) is 1.17. The number of rotatable bonds is 2. The smallest absolute Gasteiger partial charge is 0.258 e. The summed E-state index contributed by atoms with van der Waals surface area (Å²) in [5, 5.41) is 6.90. The lowest BCUT2D eigenvalue weighted by Gasteiger charge is -2.31. The molecular weight excluding hydrogens is 180 g/mol. The lowest BCUT2D eigenvalue weighted by Crippen LogP contribution is -2.53. The standard InChI is InChI=1S/C5H14N4O2S/c1-7-8-2-4-9(5-3-8)12(6,10)11/h7H,2-5H2,1H3,(H2,6,10,11). The highest BCUT2D eigenvalue weighted by Gasteiger charge is 2.22. The summed E-state index contributed by atoms with van der Waals surface area (Å²) in [5.41, 5.74) is 2.95. The van der Waals surface area contributed by atoms with Gasteiger partial charge in [0.25, 0.3) is 10.2 Å². The molecule has 0 radical (unpaired) electrons. The molecule has 1 aliphatic rings. The molecule has 0 bridgehead atoms. The molecule has 3 N–H and O–H groups in total. The number of nitrogens with one attached hydrogen (secondary N) is 1. The molecule has 0 atom stereocenters. The molecule has 0 unspecified atom stereocenters. The molecule has 1 heterocycles. The van der Waals surface area contributed by atoms with Gasteiger partial charge in [-0.1, -0.05) is 0 Å². The van der Waals surface area contributed by atoms with Crippen LogP contribution < -0.4 is 10.6 Å². The zero-order chi connectivity index (χ0) is 9.19. The molecular formula is C5H14N4O2S. The minimum Gasteiger partial charge on any atom is -0.258 e. The number of nitrogens with two attached hydrogens (primary N) is 1. The van der Waals surface area contributed by atoms with E-state index in [1.807, 2.05) is 12.1 Å². The van der Waals surface area contributed by atoms with Crippen LogP contribution in [0.25, 0.3) is 0 Å². The molecule has 0 aromatic carbocycles. The van der Waals surface area contributed by atoms with Gasteiger partial charge < -0.3 is 0 Å². The molecule has 1 fully saturated rings. The average molecular weight is 194 g/mol. The molecule has 7 heteroatoms. The molecule has 0 amide bonds. The van der Waals surface area contributed by atoms with Crippen molar-refractivity contribution in [3.63, 3.8) is 0 Å². The topological polar surface area (TPSA) is 78.7 Å². The molecule has 0 aromatic heterocycles. The van der Waals surface area contributed by atoms with E-state index in [1.54, 1.807) is 0 Å². The predicted molar refractivity (Wildman–Crippen MR) is 45.3 cm³/mol. The van der Waals surface area contributed by atoms with E-state index >= 15 is 0 Å². The highest BCUT2D eigenvalue weighted by atomic mass is 32.2. The van der Waals surface area contributed by atoms with Gasteiger partial charge in [-0.05, 0) is 7.05 Å². The Labute approximate surface area is 72.5 Å². The van der Waals surface area contributed by atoms with Gasteiger partial charge in [-0.25, -0.2) is 10.1 Å². The first-order valence-electron chi connectivity index (χ1n) is 3.74. The van der Waals surface area contributed by atoms with Gasteiger partial charge in [-0.3, -0.25) is 5.43 Å². The molecule has 0 aliphatic carbocycles. The third-order valence-electron chi connectivity index (χ3n) is 1.91. The number of hydrazine groups is 1. The SMILES string of the molecule is CNN1CCN(S(N)(=O)=O)CC1. The van der Waals surface area contributed by atoms with Gasteiger partial charge in [0, 0.05) is 26.2 Å². The summed E-state index contributed by atoms with van der Waals surface area (Å²) >= 11 is 0. The van der Waals surface area contributed by atoms with Crippen LogP contribution in [-0.4, -0.2) is 51.0 Å². The monoisotopic (exact) mass is 194 g/mol. The van der Waals surface area contributed by atoms with Crippen molar-refractivity contribution < 1.29 is 8.42 Å². The van der Waals surface area contributed by atoms with E-state index in [-0.39, 0.29) is 0 Å². The van der Waals surface area contributed by atoms with Crippen molar-refractivity contribution in [2.75, 3.05) is 33.2 Å². The van der Waals surface area contributed by atoms with Crippen LogP contribution in [0.15, 0.2) is 0 Å². The maximum atomic E-state index is 10.8. The van der Waals surface area contributed by atoms with E-state index in [9.17, 15) is 8.42 Å². The summed E-state index contributed by atoms with van der Waals surface area (Å²) in [6, 6.07) is 0. The van der Waals surface area contributed by atoms with E-state index in [2.05, 4.69) is 5.43 Å². The lowest BCUT2D eigenvalue weighted by molar-refractivity contribution is 0.142. The lowest BCUT2D eigenvalue weighted by atomic mass is 10.4. The summed E-state index contributed by atoms with van der Waals surface area (Å²) in [6.07, 6.45) is 0. The Morgan fingerprint density at radius 3 is 2.08 bits per heavy atom. The maximum absolute atomic E-state index is 10.8. The summed E-state index contributed by atoms with van der Waals surface area (Å²) in [4.78, 5) is 0. The Bertz CT molecular complexity index is 232. The Balaban J connectivity index is 2.47. The second-order valence-corrected chi connectivity index (χ2v) is 4.20. The maximum Gasteiger partial charge on any atom is 0.276 e. The molecule has 1 aliphatic heterocycles. The van der Waals surface area contributed by atoms with Gasteiger partial charge in [-0.15, -0.1) is 0 Å². The van der Waals surface area contributed by atoms with Gasteiger partial charge in [0.15, 0.2) is 0 Å². The van der Waals surface area contributed by atoms with Crippen LogP contribution in [0.2, 0.25) is 0 Å². The highest BCUT2D eigenvalue weighted by molar-refractivity contribution is 7.86. The Morgan fingerprint density at radius 2 is 1.75 bits per heavy atom. The second-order valence-electron chi connectivity index (χ2n) is 2.65. The summed E-state index contributed by atoms with van der Waals surface area (Å²) in [6.45, 7) is 2.26. The third-order valence-corrected chi connectivity index (χ3v) is 3.00. The fraction of sp³-hybridized carbons (Fsp3) is 1.00. The Kier molecular flexibility index (Phi) is 3.02. The van der Waals surface area contributed by atoms with Gasteiger partial charge in [0.2, 0.25) is 0 Å². The average Bonchev–Trinajstić information content (AvgIpc) is 2.03. The Hall–Kier alpha value is -0.210. The molecule has 1 rings (SSSR count). The summed E-state index contributed by atoms with van der Waals surface area (Å²) < 4.78 is 23.0. The number of hydrogen-bond acceptors (Lipinski definition) is 4. The number of hydrogen-bond donors (Lipinski definition) is 2. The van der Waals surface area contributed by atoms with Crippen LogP contribution in [0.3, 0.4) is 0 Å². The van der Waals surface area contributed by atoms with Crippen molar-refractivity contribution in [1.82, 2.24) is 14.7 Å². The molecule has 0 saturated carbocycles. The van der Waals surface area contributed by atoms with Crippen molar-refractivity contribution in [3.05, 3.63) is 0 Å². The van der Waals surface area contributed by atoms with Crippen molar-refractivity contribution in [2.45, 2.75) is 0 Å². The largest absolute Gasteiger partial charge is 0.276 e. The first-order valence-corrected chi connectivity index (χ1v) is 5.24. The van der Waals surface area contributed by atoms with Crippen LogP contribution in [0.4, 0.5) is 0 Å². The van der Waals surface area contributed by atoms with Gasteiger partial charge >= 0.3 is 0 Å². The quantitative estimate of drug-likeness (QED) is 0.530. The summed E-state index contributed by atoms with van der Waals surface area (Å²) in [5.74, 6) is 0. The van der Waals surface area contributed by atoms with Crippen LogP contribution in [-0.2, 0) is 10.2 Å². The molecule has 72 valence electrons. The minimum absolute atomic E-state index is 0.458.